The Hall–Kier alpha value is -2.64. The van der Waals surface area contributed by atoms with Crippen LogP contribution in [0.5, 0.6) is 0 Å². The van der Waals surface area contributed by atoms with E-state index in [-0.39, 0.29) is 47.7 Å². The van der Waals surface area contributed by atoms with Gasteiger partial charge in [0.1, 0.15) is 6.54 Å². The number of fused-ring (bicyclic) bond motifs is 2. The van der Waals surface area contributed by atoms with Gasteiger partial charge in [-0.1, -0.05) is 26.8 Å². The van der Waals surface area contributed by atoms with Crippen LogP contribution in [-0.2, 0) is 20.9 Å². The predicted octanol–water partition coefficient (Wildman–Crippen LogP) is 1.40. The van der Waals surface area contributed by atoms with Crippen molar-refractivity contribution < 1.29 is 14.4 Å². The minimum Gasteiger partial charge on any atom is -0.370 e. The fourth-order valence-corrected chi connectivity index (χ4v) is 5.69. The lowest BCUT2D eigenvalue weighted by atomic mass is 9.69. The maximum atomic E-state index is 13.0. The van der Waals surface area contributed by atoms with Gasteiger partial charge in [0.2, 0.25) is 17.7 Å². The first-order chi connectivity index (χ1) is 14.5. The van der Waals surface area contributed by atoms with Crippen LogP contribution in [0.2, 0.25) is 0 Å². The Morgan fingerprint density at radius 2 is 1.97 bits per heavy atom. The largest absolute Gasteiger partial charge is 0.370 e. The summed E-state index contributed by atoms with van der Waals surface area (Å²) >= 11 is 0. The van der Waals surface area contributed by atoms with Crippen LogP contribution in [0.3, 0.4) is 0 Å². The minimum atomic E-state index is -0.826. The first-order valence-corrected chi connectivity index (χ1v) is 11.0. The summed E-state index contributed by atoms with van der Waals surface area (Å²) in [4.78, 5) is 48.7. The predicted molar refractivity (Wildman–Crippen MR) is 117 cm³/mol. The topological polar surface area (TPSA) is 137 Å². The van der Waals surface area contributed by atoms with Gasteiger partial charge in [-0.25, -0.2) is 0 Å². The highest BCUT2D eigenvalue weighted by Gasteiger charge is 2.61. The molecule has 3 amide bonds. The van der Waals surface area contributed by atoms with E-state index in [1.165, 1.54) is 11.0 Å². The highest BCUT2D eigenvalue weighted by molar-refractivity contribution is 5.82. The van der Waals surface area contributed by atoms with Crippen molar-refractivity contribution in [3.63, 3.8) is 0 Å². The Morgan fingerprint density at radius 1 is 1.26 bits per heavy atom. The van der Waals surface area contributed by atoms with E-state index >= 15 is 0 Å². The number of amides is 3. The molecule has 170 valence electrons. The number of rotatable bonds is 9. The van der Waals surface area contributed by atoms with Gasteiger partial charge in [-0.15, -0.1) is 0 Å². The zero-order chi connectivity index (χ0) is 23.0. The van der Waals surface area contributed by atoms with Crippen LogP contribution in [0, 0.1) is 16.7 Å². The third-order valence-corrected chi connectivity index (χ3v) is 8.13. The number of hydrogen-bond acceptors (Lipinski definition) is 4. The maximum Gasteiger partial charge on any atom is 0.255 e. The number of carbonyl (C=O) groups excluding carboxylic acids is 3. The number of carbonyl (C=O) groups is 3. The van der Waals surface area contributed by atoms with Crippen molar-refractivity contribution >= 4 is 17.7 Å². The van der Waals surface area contributed by atoms with Gasteiger partial charge in [-0.2, -0.15) is 0 Å². The number of pyridine rings is 1. The van der Waals surface area contributed by atoms with E-state index in [0.29, 0.717) is 12.3 Å². The van der Waals surface area contributed by atoms with Crippen molar-refractivity contribution in [3.05, 3.63) is 34.2 Å². The Bertz CT molecular complexity index is 938. The van der Waals surface area contributed by atoms with Gasteiger partial charge in [0.25, 0.3) is 5.56 Å². The zero-order valence-corrected chi connectivity index (χ0v) is 18.6. The second-order valence-electron chi connectivity index (χ2n) is 9.94. The van der Waals surface area contributed by atoms with E-state index in [9.17, 15) is 19.2 Å². The number of hydrogen-bond donors (Lipinski definition) is 3. The molecular weight excluding hydrogens is 396 g/mol. The number of aromatic nitrogens is 1. The second kappa shape index (κ2) is 8.48. The van der Waals surface area contributed by atoms with Gasteiger partial charge >= 0.3 is 0 Å². The molecular formula is C23H34N4O4. The van der Waals surface area contributed by atoms with Crippen molar-refractivity contribution in [1.29, 1.82) is 0 Å². The molecule has 0 saturated heterocycles. The SMILES string of the molecule is CC1(C)[C@@H]2CC[C@@]1(C)[C@H](NC(=O)Cn1cccc(C(CCCC(N)=O)C(N)=O)c1=O)C2. The first kappa shape index (κ1) is 23.0. The first-order valence-electron chi connectivity index (χ1n) is 11.0. The van der Waals surface area contributed by atoms with Crippen molar-refractivity contribution in [2.45, 2.75) is 77.8 Å². The molecule has 0 aromatic carbocycles. The molecule has 2 saturated carbocycles. The molecule has 1 heterocycles. The Balaban J connectivity index is 1.71. The molecule has 5 N–H and O–H groups in total. The Labute approximate surface area is 182 Å². The molecule has 2 aliphatic rings. The molecule has 8 heteroatoms. The average Bonchev–Trinajstić information content (AvgIpc) is 3.00. The van der Waals surface area contributed by atoms with E-state index in [1.807, 2.05) is 0 Å². The van der Waals surface area contributed by atoms with E-state index in [2.05, 4.69) is 26.1 Å². The van der Waals surface area contributed by atoms with Gasteiger partial charge in [0, 0.05) is 24.2 Å². The zero-order valence-electron chi connectivity index (χ0n) is 18.6. The summed E-state index contributed by atoms with van der Waals surface area (Å²) < 4.78 is 1.31. The van der Waals surface area contributed by atoms with E-state index in [4.69, 9.17) is 11.5 Å². The standard InChI is InChI=1S/C23H34N4O4/c1-22(2)14-9-10-23(22,3)17(12-14)26-19(29)13-27-11-5-7-16(21(27)31)15(20(25)30)6-4-8-18(24)28/h5,7,11,14-15,17H,4,6,8-10,12-13H2,1-3H3,(H2,24,28)(H2,25,30)(H,26,29)/t14-,15?,17-,23+/m1/s1. The third kappa shape index (κ3) is 4.25. The highest BCUT2D eigenvalue weighted by atomic mass is 16.2. The van der Waals surface area contributed by atoms with E-state index in [1.54, 1.807) is 18.3 Å². The molecule has 1 aromatic rings. The number of nitrogens with zero attached hydrogens (tertiary/aromatic N) is 1. The molecule has 8 nitrogen and oxygen atoms in total. The fraction of sp³-hybridized carbons (Fsp3) is 0.652. The molecule has 4 atom stereocenters. The molecule has 0 radical (unpaired) electrons. The molecule has 1 unspecified atom stereocenters. The molecule has 0 aliphatic heterocycles. The number of primary amides is 2. The van der Waals surface area contributed by atoms with Gasteiger partial charge in [-0.05, 0) is 54.9 Å². The van der Waals surface area contributed by atoms with Crippen LogP contribution in [0.25, 0.3) is 0 Å². The monoisotopic (exact) mass is 430 g/mol. The van der Waals surface area contributed by atoms with Crippen LogP contribution in [0.4, 0.5) is 0 Å². The van der Waals surface area contributed by atoms with Gasteiger partial charge in [-0.3, -0.25) is 19.2 Å². The lowest BCUT2D eigenvalue weighted by Crippen LogP contribution is -2.48. The summed E-state index contributed by atoms with van der Waals surface area (Å²) in [5.41, 5.74) is 10.7. The summed E-state index contributed by atoms with van der Waals surface area (Å²) in [5, 5.41) is 3.16. The summed E-state index contributed by atoms with van der Waals surface area (Å²) in [6, 6.07) is 3.28. The Kier molecular flexibility index (Phi) is 6.30. The summed E-state index contributed by atoms with van der Waals surface area (Å²) in [6.45, 7) is 6.71. The molecule has 2 bridgehead atoms. The van der Waals surface area contributed by atoms with Crippen molar-refractivity contribution in [2.75, 3.05) is 0 Å². The molecule has 31 heavy (non-hydrogen) atoms. The smallest absolute Gasteiger partial charge is 0.255 e. The number of nitrogens with two attached hydrogens (primary N) is 2. The minimum absolute atomic E-state index is 0.0532. The Morgan fingerprint density at radius 3 is 2.52 bits per heavy atom. The second-order valence-corrected chi connectivity index (χ2v) is 9.94. The van der Waals surface area contributed by atoms with Crippen LogP contribution < -0.4 is 22.3 Å². The molecule has 0 spiro atoms. The van der Waals surface area contributed by atoms with Crippen LogP contribution in [0.15, 0.2) is 23.1 Å². The van der Waals surface area contributed by atoms with Crippen LogP contribution >= 0.6 is 0 Å². The maximum absolute atomic E-state index is 13.0. The van der Waals surface area contributed by atoms with Gasteiger partial charge in [0.15, 0.2) is 0 Å². The average molecular weight is 431 g/mol. The molecule has 2 fully saturated rings. The quantitative estimate of drug-likeness (QED) is 0.545. The van der Waals surface area contributed by atoms with E-state index < -0.39 is 23.3 Å². The van der Waals surface area contributed by atoms with Crippen LogP contribution in [-0.4, -0.2) is 28.3 Å². The molecule has 3 rings (SSSR count). The van der Waals surface area contributed by atoms with Gasteiger partial charge in [0.05, 0.1) is 5.92 Å². The summed E-state index contributed by atoms with van der Waals surface area (Å²) in [5.74, 6) is -1.54. The highest BCUT2D eigenvalue weighted by Crippen LogP contribution is 2.65. The van der Waals surface area contributed by atoms with Crippen molar-refractivity contribution in [3.8, 4) is 0 Å². The lowest BCUT2D eigenvalue weighted by Gasteiger charge is -2.39. The van der Waals surface area contributed by atoms with Crippen LogP contribution in [0.1, 0.15) is 70.8 Å². The van der Waals surface area contributed by atoms with Crippen molar-refractivity contribution in [2.24, 2.45) is 28.2 Å². The summed E-state index contributed by atoms with van der Waals surface area (Å²) in [7, 11) is 0. The number of nitrogens with one attached hydrogen (secondary N) is 1. The lowest BCUT2D eigenvalue weighted by molar-refractivity contribution is -0.123. The molecule has 2 aliphatic carbocycles. The third-order valence-electron chi connectivity index (χ3n) is 8.13. The molecule has 1 aromatic heterocycles. The normalized spacial score (nSPS) is 27.1. The van der Waals surface area contributed by atoms with Gasteiger partial charge < -0.3 is 21.4 Å². The van der Waals surface area contributed by atoms with E-state index in [0.717, 1.165) is 12.8 Å². The van der Waals surface area contributed by atoms with Crippen molar-refractivity contribution in [1.82, 2.24) is 9.88 Å². The summed E-state index contributed by atoms with van der Waals surface area (Å²) in [6.07, 6.45) is 5.52. The fourth-order valence-electron chi connectivity index (χ4n) is 5.69.